The van der Waals surface area contributed by atoms with Crippen LogP contribution in [0.15, 0.2) is 12.1 Å². The van der Waals surface area contributed by atoms with E-state index < -0.39 is 64.2 Å². The monoisotopic (exact) mass is 512 g/mol. The third-order valence-electron chi connectivity index (χ3n) is 8.26. The van der Waals surface area contributed by atoms with Gasteiger partial charge in [-0.25, -0.2) is 0 Å². The number of Topliss-reactive ketones (excluding diaryl/α,β-unsaturated/α-hetero) is 4. The maximum Gasteiger partial charge on any atom is 0.235 e. The maximum atomic E-state index is 13.8. The lowest BCUT2D eigenvalue weighted by atomic mass is 9.49. The smallest absolute Gasteiger partial charge is 0.235 e. The van der Waals surface area contributed by atoms with Crippen molar-refractivity contribution in [1.82, 2.24) is 5.32 Å². The van der Waals surface area contributed by atoms with Crippen LogP contribution in [0.5, 0.6) is 5.75 Å². The second-order valence-corrected chi connectivity index (χ2v) is 12.4. The fourth-order valence-electron chi connectivity index (χ4n) is 6.66. The molecule has 1 aromatic rings. The Kier molecular flexibility index (Phi) is 6.70. The van der Waals surface area contributed by atoms with E-state index >= 15 is 0 Å². The lowest BCUT2D eigenvalue weighted by molar-refractivity contribution is -0.182. The minimum absolute atomic E-state index is 0.0258. The minimum Gasteiger partial charge on any atom is -0.507 e. The van der Waals surface area contributed by atoms with Gasteiger partial charge in [0.25, 0.3) is 0 Å². The number of aromatic hydroxyl groups is 1. The molecule has 2 saturated carbocycles. The average molecular weight is 513 g/mol. The molecular weight excluding hydrogens is 476 g/mol. The lowest BCUT2D eigenvalue weighted by Gasteiger charge is -2.52. The molecule has 9 heteroatoms. The number of nitrogens with one attached hydrogen (secondary N) is 1. The number of phenolic OH excluding ortho intramolecular Hbond substituents is 1. The highest BCUT2D eigenvalue weighted by Gasteiger charge is 2.69. The molecule has 9 nitrogen and oxygen atoms in total. The summed E-state index contributed by atoms with van der Waals surface area (Å²) in [5.74, 6) is -11.3. The predicted octanol–water partition coefficient (Wildman–Crippen LogP) is 1.34. The summed E-state index contributed by atoms with van der Waals surface area (Å²) in [4.78, 5) is 66.1. The highest BCUT2D eigenvalue weighted by atomic mass is 16.3. The van der Waals surface area contributed by atoms with Gasteiger partial charge in [-0.15, -0.1) is 0 Å². The first-order valence-electron chi connectivity index (χ1n) is 12.8. The third kappa shape index (κ3) is 4.22. The van der Waals surface area contributed by atoms with Crippen molar-refractivity contribution in [2.75, 3.05) is 6.54 Å². The zero-order valence-electron chi connectivity index (χ0n) is 22.0. The van der Waals surface area contributed by atoms with Gasteiger partial charge in [-0.2, -0.15) is 0 Å². The molecule has 3 aliphatic rings. The summed E-state index contributed by atoms with van der Waals surface area (Å²) in [6.07, 6.45) is 0.353. The molecule has 5 N–H and O–H groups in total. The normalized spacial score (nSPS) is 31.7. The molecule has 2 fully saturated rings. The first-order valence-corrected chi connectivity index (χ1v) is 12.8. The number of aliphatic hydroxyl groups is 1. The van der Waals surface area contributed by atoms with Crippen molar-refractivity contribution in [3.63, 3.8) is 0 Å². The summed E-state index contributed by atoms with van der Waals surface area (Å²) in [7, 11) is 0. The first-order chi connectivity index (χ1) is 17.1. The van der Waals surface area contributed by atoms with Crippen LogP contribution in [0.4, 0.5) is 0 Å². The van der Waals surface area contributed by atoms with Crippen molar-refractivity contribution in [2.24, 2.45) is 46.7 Å². The largest absolute Gasteiger partial charge is 0.507 e. The van der Waals surface area contributed by atoms with Crippen LogP contribution >= 0.6 is 0 Å². The van der Waals surface area contributed by atoms with Crippen molar-refractivity contribution in [3.8, 4) is 5.75 Å². The Balaban J connectivity index is 1.78. The third-order valence-corrected chi connectivity index (χ3v) is 8.26. The summed E-state index contributed by atoms with van der Waals surface area (Å²) in [6.45, 7) is 10.9. The van der Waals surface area contributed by atoms with Crippen molar-refractivity contribution in [3.05, 3.63) is 28.8 Å². The van der Waals surface area contributed by atoms with Crippen molar-refractivity contribution in [1.29, 1.82) is 0 Å². The number of carbonyl (C=O) groups excluding carboxylic acids is 5. The topological polar surface area (TPSA) is 164 Å². The summed E-state index contributed by atoms with van der Waals surface area (Å²) >= 11 is 0. The van der Waals surface area contributed by atoms with E-state index in [1.165, 1.54) is 6.07 Å². The van der Waals surface area contributed by atoms with E-state index in [4.69, 9.17) is 5.73 Å². The van der Waals surface area contributed by atoms with Crippen LogP contribution in [0, 0.1) is 40.9 Å². The number of fused-ring (bicyclic) bond motifs is 3. The second kappa shape index (κ2) is 9.13. The van der Waals surface area contributed by atoms with Crippen molar-refractivity contribution < 1.29 is 34.2 Å². The fourth-order valence-corrected chi connectivity index (χ4v) is 6.66. The van der Waals surface area contributed by atoms with Gasteiger partial charge in [0.1, 0.15) is 5.75 Å². The summed E-state index contributed by atoms with van der Waals surface area (Å²) < 4.78 is 0. The molecule has 0 aromatic heterocycles. The molecule has 2 unspecified atom stereocenters. The molecule has 0 bridgehead atoms. The molecule has 0 aliphatic heterocycles. The Morgan fingerprint density at radius 1 is 1.16 bits per heavy atom. The van der Waals surface area contributed by atoms with Crippen LogP contribution in [0.2, 0.25) is 0 Å². The van der Waals surface area contributed by atoms with E-state index in [-0.39, 0.29) is 35.5 Å². The van der Waals surface area contributed by atoms with Crippen LogP contribution in [0.3, 0.4) is 0 Å². The van der Waals surface area contributed by atoms with Crippen LogP contribution < -0.4 is 11.1 Å². The molecule has 0 spiro atoms. The number of rotatable bonds is 5. The highest BCUT2D eigenvalue weighted by molar-refractivity contribution is 6.31. The number of primary amides is 1. The van der Waals surface area contributed by atoms with Gasteiger partial charge < -0.3 is 21.3 Å². The van der Waals surface area contributed by atoms with Gasteiger partial charge in [-0.3, -0.25) is 24.0 Å². The van der Waals surface area contributed by atoms with Crippen molar-refractivity contribution in [2.45, 2.75) is 59.6 Å². The Labute approximate surface area is 216 Å². The number of hydrogen-bond acceptors (Lipinski definition) is 8. The van der Waals surface area contributed by atoms with Gasteiger partial charge in [-0.05, 0) is 47.3 Å². The van der Waals surface area contributed by atoms with Gasteiger partial charge in [0.05, 0.1) is 11.5 Å². The van der Waals surface area contributed by atoms with Gasteiger partial charge in [-0.1, -0.05) is 40.7 Å². The molecule has 6 atom stereocenters. The highest BCUT2D eigenvalue weighted by Crippen LogP contribution is 2.53. The molecule has 1 amide bonds. The maximum absolute atomic E-state index is 13.8. The zero-order chi connectivity index (χ0) is 27.6. The summed E-state index contributed by atoms with van der Waals surface area (Å²) in [5, 5.41) is 25.6. The molecular formula is C28H36N2O7. The predicted molar refractivity (Wildman–Crippen MR) is 133 cm³/mol. The number of phenols is 1. The zero-order valence-corrected chi connectivity index (χ0v) is 22.0. The molecule has 0 saturated heterocycles. The van der Waals surface area contributed by atoms with Crippen molar-refractivity contribution >= 4 is 29.0 Å². The number of hydrogen-bond donors (Lipinski definition) is 4. The molecule has 0 heterocycles. The fraction of sp³-hybridized carbons (Fsp3) is 0.607. The van der Waals surface area contributed by atoms with Gasteiger partial charge >= 0.3 is 0 Å². The first kappa shape index (κ1) is 27.1. The number of amides is 1. The molecule has 1 aromatic carbocycles. The number of benzene rings is 1. The van der Waals surface area contributed by atoms with Crippen LogP contribution in [-0.4, -0.2) is 51.4 Å². The number of carbonyl (C=O) groups is 5. The number of ketones is 4. The second-order valence-electron chi connectivity index (χ2n) is 12.4. The Morgan fingerprint density at radius 2 is 1.81 bits per heavy atom. The quantitative estimate of drug-likeness (QED) is 0.429. The molecule has 3 aliphatic carbocycles. The Bertz CT molecular complexity index is 1200. The van der Waals surface area contributed by atoms with Crippen LogP contribution in [-0.2, 0) is 32.1 Å². The number of nitrogens with two attached hydrogens (primary N) is 1. The van der Waals surface area contributed by atoms with E-state index in [2.05, 4.69) is 26.1 Å². The van der Waals surface area contributed by atoms with E-state index in [9.17, 15) is 34.2 Å². The molecule has 37 heavy (non-hydrogen) atoms. The summed E-state index contributed by atoms with van der Waals surface area (Å²) in [5.41, 5.74) is 4.20. The lowest BCUT2D eigenvalue weighted by Crippen LogP contribution is -2.71. The van der Waals surface area contributed by atoms with Gasteiger partial charge in [0.2, 0.25) is 5.91 Å². The SMILES string of the molecule is CC(C)[C@@H]1C(=O)C(C(N)=O)C(=O)[C@@]2(O)C(=O)C3C(=O)c4c(O)ccc(CNCC(C)(C)C)c4C[C@H]3C[C@@H]12. The van der Waals surface area contributed by atoms with Gasteiger partial charge in [0, 0.05) is 24.9 Å². The van der Waals surface area contributed by atoms with E-state index in [0.717, 1.165) is 12.1 Å². The van der Waals surface area contributed by atoms with Crippen LogP contribution in [0.1, 0.15) is 62.5 Å². The Hall–Kier alpha value is -2.91. The van der Waals surface area contributed by atoms with E-state index in [1.807, 2.05) is 0 Å². The molecule has 4 rings (SSSR count). The van der Waals surface area contributed by atoms with Gasteiger partial charge in [0.15, 0.2) is 34.7 Å². The molecule has 0 radical (unpaired) electrons. The van der Waals surface area contributed by atoms with Crippen LogP contribution in [0.25, 0.3) is 0 Å². The standard InChI is InChI=1S/C28H36N2O7/c1-12(2)18-16-9-14-8-15-13(10-30-11-27(3,4)5)6-7-17(31)20(15)23(33)19(14)24(34)28(16,37)25(35)21(22(18)32)26(29)36/h6-7,12,14,16,18-19,21,30-31,37H,8-11H2,1-5H3,(H2,29,36)/t14-,16-,18-,19?,21?,28-/m0/s1. The minimum atomic E-state index is -2.67. The Morgan fingerprint density at radius 3 is 2.38 bits per heavy atom. The van der Waals surface area contributed by atoms with E-state index in [0.29, 0.717) is 12.1 Å². The van der Waals surface area contributed by atoms with E-state index in [1.54, 1.807) is 19.9 Å². The molecule has 200 valence electrons. The summed E-state index contributed by atoms with van der Waals surface area (Å²) in [6, 6.07) is 3.17. The average Bonchev–Trinajstić information content (AvgIpc) is 2.76.